The Morgan fingerprint density at radius 2 is 1.63 bits per heavy atom. The lowest BCUT2D eigenvalue weighted by Gasteiger charge is -2.26. The molecule has 0 aromatic heterocycles. The van der Waals surface area contributed by atoms with Gasteiger partial charge in [0.2, 0.25) is 5.91 Å². The van der Waals surface area contributed by atoms with Gasteiger partial charge in [0.25, 0.3) is 5.91 Å². The Labute approximate surface area is 177 Å². The maximum Gasteiger partial charge on any atom is 0.325 e. The number of nitrogens with zero attached hydrogens (tertiary/aromatic N) is 1. The van der Waals surface area contributed by atoms with Crippen molar-refractivity contribution >= 4 is 17.8 Å². The van der Waals surface area contributed by atoms with Gasteiger partial charge in [-0.05, 0) is 29.9 Å². The largest absolute Gasteiger partial charge is 0.348 e. The Hall–Kier alpha value is -3.15. The quantitative estimate of drug-likeness (QED) is 0.654. The standard InChI is InChI=1S/C24H29N3O3/c1-4-24(19-13-9-6-10-14-19)22(29)27(23(30)26-24)16-21(28)25-20(15-17(2)3)18-11-7-5-8-12-18/h5-14,17,20H,4,15-16H2,1-3H3,(H,25,28)(H,26,30)/t20-,24+/m0/s1. The van der Waals surface area contributed by atoms with Crippen LogP contribution in [0.3, 0.4) is 0 Å². The van der Waals surface area contributed by atoms with E-state index in [1.165, 1.54) is 0 Å². The topological polar surface area (TPSA) is 78.5 Å². The fourth-order valence-corrected chi connectivity index (χ4v) is 3.95. The van der Waals surface area contributed by atoms with Crippen LogP contribution in [0.25, 0.3) is 0 Å². The van der Waals surface area contributed by atoms with Crippen LogP contribution in [-0.4, -0.2) is 29.3 Å². The van der Waals surface area contributed by atoms with Gasteiger partial charge in [-0.15, -0.1) is 0 Å². The number of hydrogen-bond acceptors (Lipinski definition) is 3. The second-order valence-electron chi connectivity index (χ2n) is 8.11. The fraction of sp³-hybridized carbons (Fsp3) is 0.375. The summed E-state index contributed by atoms with van der Waals surface area (Å²) in [4.78, 5) is 39.6. The summed E-state index contributed by atoms with van der Waals surface area (Å²) in [6.07, 6.45) is 1.17. The van der Waals surface area contributed by atoms with Crippen molar-refractivity contribution in [3.63, 3.8) is 0 Å². The number of benzene rings is 2. The van der Waals surface area contributed by atoms with Crippen LogP contribution in [0.2, 0.25) is 0 Å². The molecule has 1 saturated heterocycles. The van der Waals surface area contributed by atoms with Gasteiger partial charge in [-0.3, -0.25) is 14.5 Å². The molecule has 2 aromatic rings. The van der Waals surface area contributed by atoms with E-state index in [0.29, 0.717) is 12.3 Å². The van der Waals surface area contributed by atoms with E-state index in [0.717, 1.165) is 22.4 Å². The molecule has 1 aliphatic heterocycles. The number of carbonyl (C=O) groups excluding carboxylic acids is 3. The molecule has 1 fully saturated rings. The Balaban J connectivity index is 1.76. The first-order valence-electron chi connectivity index (χ1n) is 10.4. The summed E-state index contributed by atoms with van der Waals surface area (Å²) < 4.78 is 0. The van der Waals surface area contributed by atoms with Gasteiger partial charge in [0.05, 0.1) is 6.04 Å². The van der Waals surface area contributed by atoms with E-state index in [-0.39, 0.29) is 18.5 Å². The highest BCUT2D eigenvalue weighted by Gasteiger charge is 2.51. The molecule has 0 radical (unpaired) electrons. The second-order valence-corrected chi connectivity index (χ2v) is 8.11. The number of urea groups is 1. The number of rotatable bonds is 8. The molecule has 30 heavy (non-hydrogen) atoms. The van der Waals surface area contributed by atoms with Crippen LogP contribution in [0, 0.1) is 5.92 Å². The third-order valence-corrected chi connectivity index (χ3v) is 5.52. The predicted molar refractivity (Wildman–Crippen MR) is 115 cm³/mol. The van der Waals surface area contributed by atoms with Gasteiger partial charge in [0.1, 0.15) is 12.1 Å². The minimum Gasteiger partial charge on any atom is -0.348 e. The molecule has 158 valence electrons. The molecule has 6 nitrogen and oxygen atoms in total. The molecule has 0 aliphatic carbocycles. The summed E-state index contributed by atoms with van der Waals surface area (Å²) in [5, 5.41) is 5.82. The highest BCUT2D eigenvalue weighted by Crippen LogP contribution is 2.32. The van der Waals surface area contributed by atoms with Crippen molar-refractivity contribution in [1.29, 1.82) is 0 Å². The van der Waals surface area contributed by atoms with Crippen LogP contribution in [0.1, 0.15) is 50.8 Å². The molecule has 0 unspecified atom stereocenters. The minimum absolute atomic E-state index is 0.176. The highest BCUT2D eigenvalue weighted by molar-refractivity contribution is 6.09. The molecule has 2 aromatic carbocycles. The van der Waals surface area contributed by atoms with E-state index in [1.54, 1.807) is 0 Å². The van der Waals surface area contributed by atoms with Gasteiger partial charge in [0.15, 0.2) is 0 Å². The number of amides is 4. The van der Waals surface area contributed by atoms with Gasteiger partial charge in [-0.2, -0.15) is 0 Å². The van der Waals surface area contributed by atoms with Crippen LogP contribution in [0.15, 0.2) is 60.7 Å². The van der Waals surface area contributed by atoms with Crippen LogP contribution in [0.5, 0.6) is 0 Å². The smallest absolute Gasteiger partial charge is 0.325 e. The van der Waals surface area contributed by atoms with Crippen LogP contribution in [-0.2, 0) is 15.1 Å². The summed E-state index contributed by atoms with van der Waals surface area (Å²) in [7, 11) is 0. The average Bonchev–Trinajstić information content (AvgIpc) is 2.99. The molecular formula is C24H29N3O3. The normalized spacial score (nSPS) is 19.7. The first kappa shape index (κ1) is 21.6. The highest BCUT2D eigenvalue weighted by atomic mass is 16.2. The maximum atomic E-state index is 13.2. The van der Waals surface area contributed by atoms with E-state index in [2.05, 4.69) is 24.5 Å². The first-order chi connectivity index (χ1) is 14.4. The van der Waals surface area contributed by atoms with Crippen molar-refractivity contribution in [2.24, 2.45) is 5.92 Å². The zero-order valence-corrected chi connectivity index (χ0v) is 17.7. The van der Waals surface area contributed by atoms with Crippen LogP contribution >= 0.6 is 0 Å². The number of hydrogen-bond donors (Lipinski definition) is 2. The lowest BCUT2D eigenvalue weighted by molar-refractivity contribution is -0.135. The average molecular weight is 408 g/mol. The van der Waals surface area contributed by atoms with Crippen molar-refractivity contribution in [2.75, 3.05) is 6.54 Å². The summed E-state index contributed by atoms with van der Waals surface area (Å²) in [6.45, 7) is 5.73. The monoisotopic (exact) mass is 407 g/mol. The van der Waals surface area contributed by atoms with Crippen molar-refractivity contribution in [2.45, 2.75) is 45.2 Å². The van der Waals surface area contributed by atoms with Gasteiger partial charge in [0, 0.05) is 0 Å². The molecule has 4 amide bonds. The van der Waals surface area contributed by atoms with Crippen molar-refractivity contribution in [1.82, 2.24) is 15.5 Å². The predicted octanol–water partition coefficient (Wildman–Crippen LogP) is 3.75. The number of carbonyl (C=O) groups is 3. The van der Waals surface area contributed by atoms with Crippen molar-refractivity contribution < 1.29 is 14.4 Å². The van der Waals surface area contributed by atoms with E-state index in [9.17, 15) is 14.4 Å². The van der Waals surface area contributed by atoms with Gasteiger partial charge in [-0.1, -0.05) is 81.4 Å². The van der Waals surface area contributed by atoms with Gasteiger partial charge >= 0.3 is 6.03 Å². The van der Waals surface area contributed by atoms with Gasteiger partial charge < -0.3 is 10.6 Å². The number of imide groups is 1. The minimum atomic E-state index is -1.13. The zero-order chi connectivity index (χ0) is 21.7. The van der Waals surface area contributed by atoms with E-state index >= 15 is 0 Å². The molecule has 3 rings (SSSR count). The summed E-state index contributed by atoms with van der Waals surface area (Å²) >= 11 is 0. The Morgan fingerprint density at radius 3 is 2.20 bits per heavy atom. The fourth-order valence-electron chi connectivity index (χ4n) is 3.95. The molecule has 0 spiro atoms. The Kier molecular flexibility index (Phi) is 6.55. The lowest BCUT2D eigenvalue weighted by atomic mass is 9.87. The molecule has 2 N–H and O–H groups in total. The summed E-state index contributed by atoms with van der Waals surface area (Å²) in [5.74, 6) is -0.373. The summed E-state index contributed by atoms with van der Waals surface area (Å²) in [6, 6.07) is 18.2. The molecule has 1 heterocycles. The Morgan fingerprint density at radius 1 is 1.03 bits per heavy atom. The van der Waals surface area contributed by atoms with E-state index in [1.807, 2.05) is 67.6 Å². The maximum absolute atomic E-state index is 13.2. The summed E-state index contributed by atoms with van der Waals surface area (Å²) in [5.41, 5.74) is 0.592. The third-order valence-electron chi connectivity index (χ3n) is 5.52. The molecule has 0 bridgehead atoms. The number of nitrogens with one attached hydrogen (secondary N) is 2. The lowest BCUT2D eigenvalue weighted by Crippen LogP contribution is -2.45. The molecule has 6 heteroatoms. The van der Waals surface area contributed by atoms with Crippen LogP contribution in [0.4, 0.5) is 4.79 Å². The van der Waals surface area contributed by atoms with Crippen molar-refractivity contribution in [3.05, 3.63) is 71.8 Å². The van der Waals surface area contributed by atoms with E-state index < -0.39 is 17.5 Å². The zero-order valence-electron chi connectivity index (χ0n) is 17.7. The first-order valence-corrected chi connectivity index (χ1v) is 10.4. The van der Waals surface area contributed by atoms with Gasteiger partial charge in [-0.25, -0.2) is 4.79 Å². The van der Waals surface area contributed by atoms with Crippen molar-refractivity contribution in [3.8, 4) is 0 Å². The van der Waals surface area contributed by atoms with Crippen LogP contribution < -0.4 is 10.6 Å². The molecular weight excluding hydrogens is 378 g/mol. The molecule has 2 atom stereocenters. The Bertz CT molecular complexity index is 898. The second kappa shape index (κ2) is 9.11. The third kappa shape index (κ3) is 4.37. The molecule has 0 saturated carbocycles. The van der Waals surface area contributed by atoms with E-state index in [4.69, 9.17) is 0 Å². The SMILES string of the molecule is CC[C@]1(c2ccccc2)NC(=O)N(CC(=O)N[C@@H](CC(C)C)c2ccccc2)C1=O. The molecule has 1 aliphatic rings.